The molecule has 0 spiro atoms. The van der Waals surface area contributed by atoms with E-state index in [1.54, 1.807) is 0 Å². The molecular formula is C8H22O3Si3. The van der Waals surface area contributed by atoms with Crippen LogP contribution in [0.15, 0.2) is 0 Å². The highest BCUT2D eigenvalue weighted by atomic mass is 28.4. The monoisotopic (exact) mass is 250 g/mol. The summed E-state index contributed by atoms with van der Waals surface area (Å²) in [6.45, 7) is 13.1. The molecule has 0 aromatic heterocycles. The van der Waals surface area contributed by atoms with Crippen LogP contribution in [0.5, 0.6) is 0 Å². The van der Waals surface area contributed by atoms with Crippen molar-refractivity contribution in [1.29, 1.82) is 0 Å². The van der Waals surface area contributed by atoms with Gasteiger partial charge in [0.15, 0.2) is 8.32 Å². The predicted octanol–water partition coefficient (Wildman–Crippen LogP) is 2.24. The largest absolute Gasteiger partial charge is 0.434 e. The molecule has 84 valence electrons. The molecule has 6 heteroatoms. The van der Waals surface area contributed by atoms with Gasteiger partial charge in [-0.2, -0.15) is 0 Å². The van der Waals surface area contributed by atoms with Crippen LogP contribution < -0.4 is 0 Å². The van der Waals surface area contributed by atoms with Gasteiger partial charge in [0.2, 0.25) is 8.32 Å². The number of rotatable bonds is 0. The molecule has 0 unspecified atom stereocenters. The molecule has 0 atom stereocenters. The molecule has 1 heterocycles. The van der Waals surface area contributed by atoms with E-state index in [1.165, 1.54) is 0 Å². The van der Waals surface area contributed by atoms with Gasteiger partial charge in [-0.15, -0.1) is 0 Å². The molecule has 0 amide bonds. The van der Waals surface area contributed by atoms with E-state index >= 15 is 0 Å². The lowest BCUT2D eigenvalue weighted by molar-refractivity contribution is 0.226. The van der Waals surface area contributed by atoms with E-state index in [1.807, 2.05) is 0 Å². The van der Waals surface area contributed by atoms with Crippen LogP contribution in [0.2, 0.25) is 39.3 Å². The second-order valence-electron chi connectivity index (χ2n) is 5.60. The maximum Gasteiger partial charge on any atom is 0.321 e. The van der Waals surface area contributed by atoms with Gasteiger partial charge in [0.1, 0.15) is 0 Å². The Morgan fingerprint density at radius 2 is 1.21 bits per heavy atom. The molecule has 0 radical (unpaired) electrons. The van der Waals surface area contributed by atoms with Gasteiger partial charge in [0, 0.05) is 0 Å². The second-order valence-corrected chi connectivity index (χ2v) is 17.4. The van der Waals surface area contributed by atoms with Gasteiger partial charge in [-0.25, -0.2) is 0 Å². The Balaban J connectivity index is 2.75. The first-order valence-electron chi connectivity index (χ1n) is 5.10. The molecule has 0 N–H and O–H groups in total. The molecule has 0 saturated carbocycles. The third kappa shape index (κ3) is 3.95. The van der Waals surface area contributed by atoms with Gasteiger partial charge in [0.25, 0.3) is 0 Å². The third-order valence-corrected chi connectivity index (χ3v) is 10.3. The van der Waals surface area contributed by atoms with Crippen molar-refractivity contribution in [3.05, 3.63) is 0 Å². The van der Waals surface area contributed by atoms with Crippen molar-refractivity contribution in [3.8, 4) is 0 Å². The second kappa shape index (κ2) is 3.84. The van der Waals surface area contributed by atoms with Crippen molar-refractivity contribution in [1.82, 2.24) is 0 Å². The SMILES string of the molecule is C[Si]1(C)CO[Si](C)(C)O[Si](C)(C)CO1. The molecule has 0 bridgehead atoms. The normalized spacial score (nSPS) is 30.4. The summed E-state index contributed by atoms with van der Waals surface area (Å²) in [6, 6.07) is 0. The van der Waals surface area contributed by atoms with Crippen molar-refractivity contribution >= 4 is 25.2 Å². The lowest BCUT2D eigenvalue weighted by Gasteiger charge is -2.39. The van der Waals surface area contributed by atoms with E-state index in [-0.39, 0.29) is 0 Å². The van der Waals surface area contributed by atoms with E-state index in [0.29, 0.717) is 0 Å². The summed E-state index contributed by atoms with van der Waals surface area (Å²) in [7, 11) is -5.11. The molecule has 14 heavy (non-hydrogen) atoms. The molecular weight excluding hydrogens is 228 g/mol. The van der Waals surface area contributed by atoms with Crippen molar-refractivity contribution in [2.75, 3.05) is 12.5 Å². The van der Waals surface area contributed by atoms with Crippen LogP contribution in [0.25, 0.3) is 0 Å². The molecule has 1 saturated heterocycles. The van der Waals surface area contributed by atoms with E-state index in [2.05, 4.69) is 39.3 Å². The maximum absolute atomic E-state index is 6.11. The Hall–Kier alpha value is 0.531. The minimum Gasteiger partial charge on any atom is -0.434 e. The van der Waals surface area contributed by atoms with E-state index in [4.69, 9.17) is 13.0 Å². The predicted molar refractivity (Wildman–Crippen MR) is 65.4 cm³/mol. The van der Waals surface area contributed by atoms with E-state index in [0.717, 1.165) is 12.5 Å². The van der Waals surface area contributed by atoms with Crippen LogP contribution in [-0.4, -0.2) is 37.7 Å². The first-order chi connectivity index (χ1) is 6.12. The average Bonchev–Trinajstić information content (AvgIpc) is 1.96. The maximum atomic E-state index is 6.11. The highest BCUT2D eigenvalue weighted by Crippen LogP contribution is 2.22. The van der Waals surface area contributed by atoms with E-state index in [9.17, 15) is 0 Å². The van der Waals surface area contributed by atoms with Gasteiger partial charge in [-0.3, -0.25) is 0 Å². The van der Waals surface area contributed by atoms with Crippen LogP contribution >= 0.6 is 0 Å². The Bertz CT molecular complexity index is 196. The summed E-state index contributed by atoms with van der Waals surface area (Å²) >= 11 is 0. The summed E-state index contributed by atoms with van der Waals surface area (Å²) in [6.07, 6.45) is 1.60. The summed E-state index contributed by atoms with van der Waals surface area (Å²) in [5.41, 5.74) is 0. The van der Waals surface area contributed by atoms with Crippen LogP contribution in [0.4, 0.5) is 0 Å². The Morgan fingerprint density at radius 3 is 1.79 bits per heavy atom. The van der Waals surface area contributed by atoms with Crippen LogP contribution in [-0.2, 0) is 13.0 Å². The van der Waals surface area contributed by atoms with Crippen molar-refractivity contribution < 1.29 is 13.0 Å². The molecule has 1 fully saturated rings. The highest BCUT2D eigenvalue weighted by Gasteiger charge is 2.41. The molecule has 0 aromatic rings. The Kier molecular flexibility index (Phi) is 3.45. The van der Waals surface area contributed by atoms with Crippen molar-refractivity contribution in [2.24, 2.45) is 0 Å². The highest BCUT2D eigenvalue weighted by molar-refractivity contribution is 6.84. The van der Waals surface area contributed by atoms with Gasteiger partial charge in [0.05, 0.1) is 12.5 Å². The summed E-state index contributed by atoms with van der Waals surface area (Å²) < 4.78 is 18.0. The minimum atomic E-state index is -1.88. The van der Waals surface area contributed by atoms with Gasteiger partial charge >= 0.3 is 8.56 Å². The molecule has 3 nitrogen and oxygen atoms in total. The van der Waals surface area contributed by atoms with Gasteiger partial charge in [-0.1, -0.05) is 0 Å². The van der Waals surface area contributed by atoms with Crippen molar-refractivity contribution in [3.63, 3.8) is 0 Å². The van der Waals surface area contributed by atoms with Crippen LogP contribution in [0.3, 0.4) is 0 Å². The molecule has 1 aliphatic heterocycles. The minimum absolute atomic E-state index is 0.775. The quantitative estimate of drug-likeness (QED) is 0.617. The molecule has 0 aromatic carbocycles. The Labute approximate surface area is 90.3 Å². The van der Waals surface area contributed by atoms with Crippen molar-refractivity contribution in [2.45, 2.75) is 39.3 Å². The zero-order chi connectivity index (χ0) is 11.0. The zero-order valence-electron chi connectivity index (χ0n) is 10.1. The van der Waals surface area contributed by atoms with Gasteiger partial charge in [-0.05, 0) is 39.3 Å². The fourth-order valence-electron chi connectivity index (χ4n) is 1.48. The standard InChI is InChI=1S/C8H22O3Si3/c1-12(2)8-10-14(5,6)11-13(3,4)7-9-12/h7-8H2,1-6H3. The first-order valence-corrected chi connectivity index (χ1v) is 14.1. The third-order valence-electron chi connectivity index (χ3n) is 2.10. The summed E-state index contributed by atoms with van der Waals surface area (Å²) in [5.74, 6) is 0. The lowest BCUT2D eigenvalue weighted by atomic mass is 11.7. The van der Waals surface area contributed by atoms with Crippen LogP contribution in [0.1, 0.15) is 0 Å². The topological polar surface area (TPSA) is 27.7 Å². The molecule has 0 aliphatic carbocycles. The lowest BCUT2D eigenvalue weighted by Crippen LogP contribution is -2.57. The fourth-order valence-corrected chi connectivity index (χ4v) is 13.1. The number of hydrogen-bond acceptors (Lipinski definition) is 3. The average molecular weight is 251 g/mol. The van der Waals surface area contributed by atoms with Gasteiger partial charge < -0.3 is 13.0 Å². The number of hydrogen-bond donors (Lipinski definition) is 0. The molecule has 1 rings (SSSR count). The van der Waals surface area contributed by atoms with E-state index < -0.39 is 25.2 Å². The first kappa shape index (κ1) is 12.6. The smallest absolute Gasteiger partial charge is 0.321 e. The zero-order valence-corrected chi connectivity index (χ0v) is 13.1. The van der Waals surface area contributed by atoms with Crippen LogP contribution in [0, 0.1) is 0 Å². The Morgan fingerprint density at radius 1 is 0.714 bits per heavy atom. The summed E-state index contributed by atoms with van der Waals surface area (Å²) in [5, 5.41) is 0. The molecule has 1 aliphatic rings. The summed E-state index contributed by atoms with van der Waals surface area (Å²) in [4.78, 5) is 0. The fraction of sp³-hybridized carbons (Fsp3) is 1.00.